The van der Waals surface area contributed by atoms with Gasteiger partial charge in [-0.1, -0.05) is 84.9 Å². The average Bonchev–Trinajstić information content (AvgIpc) is 3.39. The van der Waals surface area contributed by atoms with E-state index in [2.05, 4.69) is 95.6 Å². The number of fused-ring (bicyclic) bond motifs is 4. The summed E-state index contributed by atoms with van der Waals surface area (Å²) in [5.74, 6) is 0.617. The molecular weight excluding hydrogens is 514 g/mol. The Bertz CT molecular complexity index is 2300. The van der Waals surface area contributed by atoms with E-state index < -0.39 is 0 Å². The smallest absolute Gasteiger partial charge is 0.266 e. The zero-order valence-corrected chi connectivity index (χ0v) is 22.7. The predicted molar refractivity (Wildman–Crippen MR) is 173 cm³/mol. The molecule has 42 heavy (non-hydrogen) atoms. The zero-order valence-electron chi connectivity index (χ0n) is 22.7. The van der Waals surface area contributed by atoms with Crippen LogP contribution in [0.15, 0.2) is 156 Å². The molecule has 2 heterocycles. The molecule has 0 spiro atoms. The van der Waals surface area contributed by atoms with Crippen molar-refractivity contribution in [3.8, 4) is 33.9 Å². The van der Waals surface area contributed by atoms with Crippen molar-refractivity contribution in [1.82, 2.24) is 14.1 Å². The molecule has 0 aliphatic carbocycles. The Labute approximate surface area is 242 Å². The highest BCUT2D eigenvalue weighted by Gasteiger charge is 2.16. The van der Waals surface area contributed by atoms with Gasteiger partial charge < -0.3 is 4.57 Å². The Morgan fingerprint density at radius 1 is 0.429 bits per heavy atom. The third kappa shape index (κ3) is 3.85. The van der Waals surface area contributed by atoms with Gasteiger partial charge in [0.05, 0.1) is 27.6 Å². The van der Waals surface area contributed by atoms with Crippen LogP contribution in [0.2, 0.25) is 0 Å². The minimum absolute atomic E-state index is 0.0810. The molecule has 8 aromatic rings. The van der Waals surface area contributed by atoms with Gasteiger partial charge in [0.1, 0.15) is 5.82 Å². The summed E-state index contributed by atoms with van der Waals surface area (Å²) in [6, 6.07) is 51.3. The van der Waals surface area contributed by atoms with Crippen molar-refractivity contribution in [1.29, 1.82) is 0 Å². The molecule has 0 atom stereocenters. The van der Waals surface area contributed by atoms with Gasteiger partial charge in [0.2, 0.25) is 0 Å². The Morgan fingerprint density at radius 2 is 1.02 bits per heavy atom. The van der Waals surface area contributed by atoms with E-state index in [1.165, 1.54) is 21.9 Å². The standard InChI is InChI=1S/C38H25N3O/c42-38-32-16-7-9-17-34(32)39-37(41(38)29-13-5-2-6-14-29)27-19-22-30(23-20-27)40-35-18-10-8-15-31(35)33-25-28(21-24-36(33)40)26-11-3-1-4-12-26/h1-25H. The fourth-order valence-corrected chi connectivity index (χ4v) is 5.96. The second-order valence-electron chi connectivity index (χ2n) is 10.4. The van der Waals surface area contributed by atoms with E-state index in [0.29, 0.717) is 16.7 Å². The first-order valence-electron chi connectivity index (χ1n) is 14.0. The quantitative estimate of drug-likeness (QED) is 0.224. The molecular formula is C38H25N3O. The minimum Gasteiger partial charge on any atom is -0.309 e. The van der Waals surface area contributed by atoms with Gasteiger partial charge >= 0.3 is 0 Å². The number of rotatable bonds is 4. The summed E-state index contributed by atoms with van der Waals surface area (Å²) in [5.41, 5.74) is 8.01. The number of hydrogen-bond donors (Lipinski definition) is 0. The van der Waals surface area contributed by atoms with E-state index in [1.54, 1.807) is 4.57 Å². The maximum Gasteiger partial charge on any atom is 0.266 e. The molecule has 0 N–H and O–H groups in total. The molecule has 0 fully saturated rings. The molecule has 0 aliphatic rings. The fourth-order valence-electron chi connectivity index (χ4n) is 5.96. The summed E-state index contributed by atoms with van der Waals surface area (Å²) in [6.07, 6.45) is 0. The molecule has 2 aromatic heterocycles. The molecule has 0 radical (unpaired) electrons. The van der Waals surface area contributed by atoms with Gasteiger partial charge in [0.15, 0.2) is 0 Å². The van der Waals surface area contributed by atoms with Crippen LogP contribution in [0.4, 0.5) is 0 Å². The third-order valence-corrected chi connectivity index (χ3v) is 7.95. The van der Waals surface area contributed by atoms with Crippen molar-refractivity contribution in [2.24, 2.45) is 0 Å². The van der Waals surface area contributed by atoms with Gasteiger partial charge in [0.25, 0.3) is 5.56 Å². The second kappa shape index (κ2) is 9.72. The lowest BCUT2D eigenvalue weighted by molar-refractivity contribution is 0.975. The molecule has 4 heteroatoms. The second-order valence-corrected chi connectivity index (χ2v) is 10.4. The van der Waals surface area contributed by atoms with E-state index in [1.807, 2.05) is 60.7 Å². The SMILES string of the molecule is O=c1c2ccccc2nc(-c2ccc(-n3c4ccccc4c4cc(-c5ccccc5)ccc43)cc2)n1-c1ccccc1. The Hall–Kier alpha value is -5.74. The lowest BCUT2D eigenvalue weighted by atomic mass is 10.0. The number of para-hydroxylation sites is 3. The van der Waals surface area contributed by atoms with Crippen LogP contribution < -0.4 is 5.56 Å². The number of benzene rings is 6. The van der Waals surface area contributed by atoms with Crippen LogP contribution in [0, 0.1) is 0 Å². The zero-order chi connectivity index (χ0) is 28.0. The minimum atomic E-state index is -0.0810. The van der Waals surface area contributed by atoms with Gasteiger partial charge in [0, 0.05) is 22.0 Å². The van der Waals surface area contributed by atoms with Gasteiger partial charge in [-0.3, -0.25) is 9.36 Å². The molecule has 0 unspecified atom stereocenters. The van der Waals surface area contributed by atoms with Crippen molar-refractivity contribution >= 4 is 32.7 Å². The van der Waals surface area contributed by atoms with Gasteiger partial charge in [-0.05, 0) is 77.9 Å². The van der Waals surface area contributed by atoms with Crippen LogP contribution in [-0.2, 0) is 0 Å². The van der Waals surface area contributed by atoms with E-state index >= 15 is 0 Å². The molecule has 0 amide bonds. The Morgan fingerprint density at radius 3 is 1.81 bits per heavy atom. The molecule has 8 rings (SSSR count). The highest BCUT2D eigenvalue weighted by molar-refractivity contribution is 6.10. The van der Waals surface area contributed by atoms with Crippen LogP contribution in [-0.4, -0.2) is 14.1 Å². The third-order valence-electron chi connectivity index (χ3n) is 7.95. The molecule has 0 saturated heterocycles. The molecule has 4 nitrogen and oxygen atoms in total. The van der Waals surface area contributed by atoms with Crippen LogP contribution in [0.3, 0.4) is 0 Å². The van der Waals surface area contributed by atoms with Crippen LogP contribution in [0.25, 0.3) is 66.6 Å². The largest absolute Gasteiger partial charge is 0.309 e. The molecule has 0 saturated carbocycles. The fraction of sp³-hybridized carbons (Fsp3) is 0. The summed E-state index contributed by atoms with van der Waals surface area (Å²) in [4.78, 5) is 18.7. The van der Waals surface area contributed by atoms with Crippen molar-refractivity contribution in [2.75, 3.05) is 0 Å². The maximum atomic E-state index is 13.7. The van der Waals surface area contributed by atoms with E-state index in [9.17, 15) is 4.79 Å². The summed E-state index contributed by atoms with van der Waals surface area (Å²) in [5, 5.41) is 3.02. The van der Waals surface area contributed by atoms with Crippen LogP contribution in [0.1, 0.15) is 0 Å². The molecule has 6 aromatic carbocycles. The number of hydrogen-bond acceptors (Lipinski definition) is 2. The van der Waals surface area contributed by atoms with Crippen LogP contribution in [0.5, 0.6) is 0 Å². The summed E-state index contributed by atoms with van der Waals surface area (Å²) in [7, 11) is 0. The molecule has 0 bridgehead atoms. The van der Waals surface area contributed by atoms with Crippen LogP contribution >= 0.6 is 0 Å². The van der Waals surface area contributed by atoms with Crippen molar-refractivity contribution < 1.29 is 0 Å². The summed E-state index contributed by atoms with van der Waals surface area (Å²) >= 11 is 0. The summed E-state index contributed by atoms with van der Waals surface area (Å²) < 4.78 is 4.02. The number of aromatic nitrogens is 3. The molecule has 0 aliphatic heterocycles. The van der Waals surface area contributed by atoms with Gasteiger partial charge in [-0.2, -0.15) is 0 Å². The first-order chi connectivity index (χ1) is 20.8. The molecule has 198 valence electrons. The lowest BCUT2D eigenvalue weighted by Crippen LogP contribution is -2.21. The predicted octanol–water partition coefficient (Wildman–Crippen LogP) is 8.82. The topological polar surface area (TPSA) is 39.8 Å². The normalized spacial score (nSPS) is 11.4. The first-order valence-corrected chi connectivity index (χ1v) is 14.0. The lowest BCUT2D eigenvalue weighted by Gasteiger charge is -2.15. The highest BCUT2D eigenvalue weighted by atomic mass is 16.1. The van der Waals surface area contributed by atoms with Crippen molar-refractivity contribution in [2.45, 2.75) is 0 Å². The summed E-state index contributed by atoms with van der Waals surface area (Å²) in [6.45, 7) is 0. The van der Waals surface area contributed by atoms with Gasteiger partial charge in [-0.15, -0.1) is 0 Å². The van der Waals surface area contributed by atoms with Crippen molar-refractivity contribution in [3.05, 3.63) is 162 Å². The van der Waals surface area contributed by atoms with E-state index in [-0.39, 0.29) is 5.56 Å². The number of nitrogens with zero attached hydrogens (tertiary/aromatic N) is 3. The van der Waals surface area contributed by atoms with E-state index in [0.717, 1.165) is 28.0 Å². The monoisotopic (exact) mass is 539 g/mol. The first kappa shape index (κ1) is 24.1. The van der Waals surface area contributed by atoms with Gasteiger partial charge in [-0.25, -0.2) is 4.98 Å². The Kier molecular flexibility index (Phi) is 5.57. The Balaban J connectivity index is 1.30. The maximum absolute atomic E-state index is 13.7. The highest BCUT2D eigenvalue weighted by Crippen LogP contribution is 2.35. The average molecular weight is 540 g/mol. The van der Waals surface area contributed by atoms with Crippen molar-refractivity contribution in [3.63, 3.8) is 0 Å². The van der Waals surface area contributed by atoms with E-state index in [4.69, 9.17) is 4.98 Å².